The highest BCUT2D eigenvalue weighted by molar-refractivity contribution is 5.14. The molecule has 4 heteroatoms. The summed E-state index contributed by atoms with van der Waals surface area (Å²) in [6, 6.07) is 1.98. The molecule has 1 fully saturated rings. The summed E-state index contributed by atoms with van der Waals surface area (Å²) >= 11 is 0. The standard InChI is InChI=1S/C10H17N3O/c1-8-6-10(11-13(8)3)14-9-4-5-12(2)7-9/h6,9H,4-5,7H2,1-3H3. The molecule has 2 rings (SSSR count). The highest BCUT2D eigenvalue weighted by atomic mass is 16.5. The van der Waals surface area contributed by atoms with Crippen molar-refractivity contribution in [2.45, 2.75) is 19.4 Å². The lowest BCUT2D eigenvalue weighted by atomic mass is 10.3. The van der Waals surface area contributed by atoms with Gasteiger partial charge in [-0.05, 0) is 20.4 Å². The molecule has 1 aliphatic rings. The summed E-state index contributed by atoms with van der Waals surface area (Å²) in [7, 11) is 4.05. The largest absolute Gasteiger partial charge is 0.472 e. The van der Waals surface area contributed by atoms with Crippen LogP contribution in [0.5, 0.6) is 5.88 Å². The molecule has 0 spiro atoms. The highest BCUT2D eigenvalue weighted by Crippen LogP contribution is 2.16. The number of ether oxygens (including phenoxy) is 1. The topological polar surface area (TPSA) is 30.3 Å². The molecule has 14 heavy (non-hydrogen) atoms. The summed E-state index contributed by atoms with van der Waals surface area (Å²) in [6.45, 7) is 4.16. The molecule has 0 N–H and O–H groups in total. The minimum atomic E-state index is 0.314. The van der Waals surface area contributed by atoms with Gasteiger partial charge in [-0.25, -0.2) is 0 Å². The lowest BCUT2D eigenvalue weighted by Crippen LogP contribution is -2.21. The average molecular weight is 195 g/mol. The molecule has 4 nitrogen and oxygen atoms in total. The van der Waals surface area contributed by atoms with E-state index in [1.807, 2.05) is 24.7 Å². The molecule has 1 atom stereocenters. The SMILES string of the molecule is Cc1cc(OC2CCN(C)C2)nn1C. The second kappa shape index (κ2) is 3.61. The third-order valence-corrected chi connectivity index (χ3v) is 2.73. The number of hydrogen-bond acceptors (Lipinski definition) is 3. The number of rotatable bonds is 2. The van der Waals surface area contributed by atoms with Crippen LogP contribution in [-0.2, 0) is 7.05 Å². The van der Waals surface area contributed by atoms with Gasteiger partial charge < -0.3 is 9.64 Å². The summed E-state index contributed by atoms with van der Waals surface area (Å²) in [5.74, 6) is 0.755. The molecule has 0 aromatic carbocycles. The Labute approximate surface area is 84.5 Å². The maximum atomic E-state index is 5.77. The zero-order valence-electron chi connectivity index (χ0n) is 9.03. The first-order valence-corrected chi connectivity index (χ1v) is 5.01. The van der Waals surface area contributed by atoms with Gasteiger partial charge in [-0.15, -0.1) is 5.10 Å². The monoisotopic (exact) mass is 195 g/mol. The van der Waals surface area contributed by atoms with Gasteiger partial charge in [0.1, 0.15) is 6.10 Å². The van der Waals surface area contributed by atoms with E-state index in [0.29, 0.717) is 6.10 Å². The first-order chi connectivity index (χ1) is 6.65. The van der Waals surface area contributed by atoms with Gasteiger partial charge in [-0.2, -0.15) is 0 Å². The van der Waals surface area contributed by atoms with E-state index < -0.39 is 0 Å². The Bertz CT molecular complexity index is 302. The second-order valence-corrected chi connectivity index (χ2v) is 4.04. The molecule has 0 bridgehead atoms. The van der Waals surface area contributed by atoms with Gasteiger partial charge >= 0.3 is 0 Å². The van der Waals surface area contributed by atoms with E-state index in [0.717, 1.165) is 31.1 Å². The number of aromatic nitrogens is 2. The Kier molecular flexibility index (Phi) is 2.46. The van der Waals surface area contributed by atoms with Crippen molar-refractivity contribution in [1.82, 2.24) is 14.7 Å². The molecular formula is C10H17N3O. The van der Waals surface area contributed by atoms with Gasteiger partial charge in [-0.3, -0.25) is 4.68 Å². The normalized spacial score (nSPS) is 22.9. The Morgan fingerprint density at radius 3 is 2.79 bits per heavy atom. The van der Waals surface area contributed by atoms with Gasteiger partial charge in [0.05, 0.1) is 0 Å². The maximum absolute atomic E-state index is 5.77. The minimum absolute atomic E-state index is 0.314. The minimum Gasteiger partial charge on any atom is -0.472 e. The summed E-state index contributed by atoms with van der Waals surface area (Å²) in [5, 5.41) is 4.27. The molecule has 0 amide bonds. The van der Waals surface area contributed by atoms with Gasteiger partial charge in [0, 0.05) is 31.9 Å². The molecule has 78 valence electrons. The predicted octanol–water partition coefficient (Wildman–Crippen LogP) is 0.811. The number of hydrogen-bond donors (Lipinski definition) is 0. The molecule has 2 heterocycles. The third-order valence-electron chi connectivity index (χ3n) is 2.73. The molecule has 1 saturated heterocycles. The molecule has 1 aromatic rings. The smallest absolute Gasteiger partial charge is 0.233 e. The quantitative estimate of drug-likeness (QED) is 0.699. The lowest BCUT2D eigenvalue weighted by molar-refractivity contribution is 0.198. The third kappa shape index (κ3) is 1.90. The molecule has 0 aliphatic carbocycles. The van der Waals surface area contributed by atoms with Crippen LogP contribution < -0.4 is 4.74 Å². The van der Waals surface area contributed by atoms with Gasteiger partial charge in [-0.1, -0.05) is 0 Å². The van der Waals surface area contributed by atoms with Gasteiger partial charge in [0.25, 0.3) is 0 Å². The first kappa shape index (κ1) is 9.52. The first-order valence-electron chi connectivity index (χ1n) is 5.01. The number of likely N-dealkylation sites (N-methyl/N-ethyl adjacent to an activating group) is 1. The van der Waals surface area contributed by atoms with Crippen molar-refractivity contribution in [2.24, 2.45) is 7.05 Å². The highest BCUT2D eigenvalue weighted by Gasteiger charge is 2.21. The summed E-state index contributed by atoms with van der Waals surface area (Å²) < 4.78 is 7.62. The van der Waals surface area contributed by atoms with Crippen molar-refractivity contribution in [2.75, 3.05) is 20.1 Å². The second-order valence-electron chi connectivity index (χ2n) is 4.04. The molecular weight excluding hydrogens is 178 g/mol. The van der Waals surface area contributed by atoms with E-state index >= 15 is 0 Å². The zero-order chi connectivity index (χ0) is 10.1. The van der Waals surface area contributed by atoms with Crippen LogP contribution in [0, 0.1) is 6.92 Å². The van der Waals surface area contributed by atoms with Crippen molar-refractivity contribution >= 4 is 0 Å². The Balaban J connectivity index is 1.97. The van der Waals surface area contributed by atoms with Crippen LogP contribution in [0.15, 0.2) is 6.07 Å². The molecule has 0 radical (unpaired) electrons. The Hall–Kier alpha value is -1.03. The van der Waals surface area contributed by atoms with Gasteiger partial charge in [0.2, 0.25) is 5.88 Å². The van der Waals surface area contributed by atoms with E-state index in [2.05, 4.69) is 17.0 Å². The average Bonchev–Trinajstić information content (AvgIpc) is 2.62. The predicted molar refractivity (Wildman–Crippen MR) is 54.5 cm³/mol. The van der Waals surface area contributed by atoms with E-state index in [1.54, 1.807) is 0 Å². The fourth-order valence-electron chi connectivity index (χ4n) is 1.75. The van der Waals surface area contributed by atoms with Crippen molar-refractivity contribution < 1.29 is 4.74 Å². The van der Waals surface area contributed by atoms with Crippen LogP contribution in [0.3, 0.4) is 0 Å². The summed E-state index contributed by atoms with van der Waals surface area (Å²) in [6.07, 6.45) is 1.42. The fraction of sp³-hybridized carbons (Fsp3) is 0.700. The zero-order valence-corrected chi connectivity index (χ0v) is 9.03. The Morgan fingerprint density at radius 1 is 1.50 bits per heavy atom. The van der Waals surface area contributed by atoms with Crippen LogP contribution in [0.2, 0.25) is 0 Å². The lowest BCUT2D eigenvalue weighted by Gasteiger charge is -2.10. The van der Waals surface area contributed by atoms with Crippen LogP contribution in [-0.4, -0.2) is 40.9 Å². The van der Waals surface area contributed by atoms with Crippen molar-refractivity contribution in [3.8, 4) is 5.88 Å². The number of aryl methyl sites for hydroxylation is 2. The van der Waals surface area contributed by atoms with E-state index in [9.17, 15) is 0 Å². The van der Waals surface area contributed by atoms with Crippen molar-refractivity contribution in [1.29, 1.82) is 0 Å². The number of nitrogens with zero attached hydrogens (tertiary/aromatic N) is 3. The summed E-state index contributed by atoms with van der Waals surface area (Å²) in [4.78, 5) is 2.28. The molecule has 1 unspecified atom stereocenters. The van der Waals surface area contributed by atoms with Crippen molar-refractivity contribution in [3.05, 3.63) is 11.8 Å². The van der Waals surface area contributed by atoms with E-state index in [4.69, 9.17) is 4.74 Å². The summed E-state index contributed by atoms with van der Waals surface area (Å²) in [5.41, 5.74) is 1.13. The Morgan fingerprint density at radius 2 is 2.29 bits per heavy atom. The van der Waals surface area contributed by atoms with E-state index in [-0.39, 0.29) is 0 Å². The van der Waals surface area contributed by atoms with E-state index in [1.165, 1.54) is 0 Å². The molecule has 0 saturated carbocycles. The van der Waals surface area contributed by atoms with Crippen molar-refractivity contribution in [3.63, 3.8) is 0 Å². The maximum Gasteiger partial charge on any atom is 0.233 e. The van der Waals surface area contributed by atoms with Crippen LogP contribution >= 0.6 is 0 Å². The van der Waals surface area contributed by atoms with Crippen LogP contribution in [0.1, 0.15) is 12.1 Å². The molecule has 1 aliphatic heterocycles. The fourth-order valence-corrected chi connectivity index (χ4v) is 1.75. The van der Waals surface area contributed by atoms with Crippen LogP contribution in [0.4, 0.5) is 0 Å². The van der Waals surface area contributed by atoms with Crippen LogP contribution in [0.25, 0.3) is 0 Å². The number of likely N-dealkylation sites (tertiary alicyclic amines) is 1. The molecule has 1 aromatic heterocycles. The van der Waals surface area contributed by atoms with Gasteiger partial charge in [0.15, 0.2) is 0 Å².